The molecule has 2 N–H and O–H groups in total. The molecule has 1 unspecified atom stereocenters. The first-order valence-electron chi connectivity index (χ1n) is 10.3. The number of aliphatic imine (C=N–C) groups is 1. The number of para-hydroxylation sites is 1. The molecule has 1 aromatic heterocycles. The zero-order chi connectivity index (χ0) is 20.6. The summed E-state index contributed by atoms with van der Waals surface area (Å²) in [4.78, 5) is 9.21. The zero-order valence-corrected chi connectivity index (χ0v) is 20.6. The number of fused-ring (bicyclic) bond motifs is 1. The molecular formula is C21H33IN6O2. The summed E-state index contributed by atoms with van der Waals surface area (Å²) in [6.45, 7) is 9.36. The minimum atomic E-state index is 0. The Morgan fingerprint density at radius 1 is 1.30 bits per heavy atom. The maximum absolute atomic E-state index is 5.96. The number of halogens is 1. The largest absolute Gasteiger partial charge is 0.491 e. The van der Waals surface area contributed by atoms with E-state index in [9.17, 15) is 0 Å². The molecule has 0 saturated carbocycles. The van der Waals surface area contributed by atoms with Crippen molar-refractivity contribution in [3.05, 3.63) is 41.0 Å². The third-order valence-electron chi connectivity index (χ3n) is 4.88. The van der Waals surface area contributed by atoms with Gasteiger partial charge in [0.1, 0.15) is 24.8 Å². The summed E-state index contributed by atoms with van der Waals surface area (Å²) in [5.74, 6) is 3.54. The lowest BCUT2D eigenvalue weighted by atomic mass is 10.1. The predicted molar refractivity (Wildman–Crippen MR) is 129 cm³/mol. The lowest BCUT2D eigenvalue weighted by molar-refractivity contribution is 0.177. The summed E-state index contributed by atoms with van der Waals surface area (Å²) in [6, 6.07) is 6.44. The van der Waals surface area contributed by atoms with Crippen LogP contribution in [0.15, 0.2) is 23.2 Å². The first-order valence-corrected chi connectivity index (χ1v) is 10.3. The van der Waals surface area contributed by atoms with Crippen LogP contribution in [-0.4, -0.2) is 53.6 Å². The number of benzene rings is 1. The molecule has 2 aromatic rings. The summed E-state index contributed by atoms with van der Waals surface area (Å²) in [6.07, 6.45) is 1.89. The van der Waals surface area contributed by atoms with E-state index in [0.29, 0.717) is 19.8 Å². The van der Waals surface area contributed by atoms with Gasteiger partial charge in [-0.2, -0.15) is 5.10 Å². The number of rotatable bonds is 8. The molecule has 3 rings (SSSR count). The first kappa shape index (κ1) is 24.4. The van der Waals surface area contributed by atoms with Crippen molar-refractivity contribution in [2.45, 2.75) is 52.8 Å². The number of guanidine groups is 1. The number of methoxy groups -OCH3 is 1. The molecule has 0 radical (unpaired) electrons. The number of aromatic nitrogens is 3. The molecule has 9 heteroatoms. The Balaban J connectivity index is 0.00000320. The van der Waals surface area contributed by atoms with Crippen LogP contribution < -0.4 is 15.4 Å². The van der Waals surface area contributed by atoms with E-state index in [1.807, 2.05) is 10.7 Å². The van der Waals surface area contributed by atoms with Crippen molar-refractivity contribution in [3.8, 4) is 5.75 Å². The third-order valence-corrected chi connectivity index (χ3v) is 4.88. The first-order chi connectivity index (χ1) is 14.1. The lowest BCUT2D eigenvalue weighted by Crippen LogP contribution is -2.47. The lowest BCUT2D eigenvalue weighted by Gasteiger charge is -2.25. The second-order valence-electron chi connectivity index (χ2n) is 7.27. The van der Waals surface area contributed by atoms with Crippen LogP contribution >= 0.6 is 24.0 Å². The minimum absolute atomic E-state index is 0. The number of hydrogen-bond donors (Lipinski definition) is 2. The Morgan fingerprint density at radius 2 is 2.07 bits per heavy atom. The summed E-state index contributed by atoms with van der Waals surface area (Å²) in [5.41, 5.74) is 2.30. The second kappa shape index (κ2) is 12.1. The molecule has 0 saturated heterocycles. The van der Waals surface area contributed by atoms with Crippen molar-refractivity contribution in [2.24, 2.45) is 4.99 Å². The fourth-order valence-corrected chi connectivity index (χ4v) is 3.51. The number of hydrogen-bond acceptors (Lipinski definition) is 5. The number of nitrogens with one attached hydrogen (secondary N) is 2. The van der Waals surface area contributed by atoms with E-state index in [-0.39, 0.29) is 30.0 Å². The van der Waals surface area contributed by atoms with E-state index in [2.05, 4.69) is 58.6 Å². The van der Waals surface area contributed by atoms with Gasteiger partial charge in [-0.05, 0) is 38.3 Å². The average Bonchev–Trinajstić information content (AvgIpc) is 3.09. The molecule has 0 fully saturated rings. The topological polar surface area (TPSA) is 85.6 Å². The molecule has 0 bridgehead atoms. The van der Waals surface area contributed by atoms with Gasteiger partial charge in [0.05, 0.1) is 13.1 Å². The monoisotopic (exact) mass is 528 g/mol. The Labute approximate surface area is 195 Å². The van der Waals surface area contributed by atoms with Gasteiger partial charge in [0.25, 0.3) is 0 Å². The van der Waals surface area contributed by atoms with Crippen molar-refractivity contribution in [3.63, 3.8) is 0 Å². The highest BCUT2D eigenvalue weighted by Crippen LogP contribution is 2.22. The van der Waals surface area contributed by atoms with Gasteiger partial charge < -0.3 is 20.1 Å². The van der Waals surface area contributed by atoms with E-state index < -0.39 is 0 Å². The predicted octanol–water partition coefficient (Wildman–Crippen LogP) is 2.61. The van der Waals surface area contributed by atoms with Gasteiger partial charge in [0, 0.05) is 26.1 Å². The van der Waals surface area contributed by atoms with E-state index >= 15 is 0 Å². The van der Waals surface area contributed by atoms with Gasteiger partial charge in [-0.1, -0.05) is 18.2 Å². The standard InChI is InChI=1S/C21H32N6O2.HI/c1-5-22-21(23-11-12-29-20-15(2)7-6-8-16(20)3)24-17-9-10-19-25-18(14-28-4)26-27(19)13-17;/h6-8,17H,5,9-14H2,1-4H3,(H2,22,23,24);1H. The molecule has 1 aliphatic heterocycles. The van der Waals surface area contributed by atoms with Crippen molar-refractivity contribution >= 4 is 29.9 Å². The van der Waals surface area contributed by atoms with Crippen molar-refractivity contribution in [1.82, 2.24) is 25.4 Å². The summed E-state index contributed by atoms with van der Waals surface area (Å²) in [5, 5.41) is 11.4. The van der Waals surface area contributed by atoms with Gasteiger partial charge in [-0.15, -0.1) is 24.0 Å². The molecule has 2 heterocycles. The average molecular weight is 528 g/mol. The van der Waals surface area contributed by atoms with Gasteiger partial charge in [0.2, 0.25) is 0 Å². The van der Waals surface area contributed by atoms with E-state index in [0.717, 1.165) is 60.4 Å². The highest BCUT2D eigenvalue weighted by molar-refractivity contribution is 14.0. The van der Waals surface area contributed by atoms with E-state index in [1.165, 1.54) is 0 Å². The Hall–Kier alpha value is -1.88. The third kappa shape index (κ3) is 6.56. The maximum atomic E-state index is 5.96. The van der Waals surface area contributed by atoms with E-state index in [4.69, 9.17) is 9.47 Å². The molecular weight excluding hydrogens is 495 g/mol. The van der Waals surface area contributed by atoms with Crippen LogP contribution in [0.5, 0.6) is 5.75 Å². The van der Waals surface area contributed by atoms with Gasteiger partial charge in [-0.25, -0.2) is 14.7 Å². The Bertz CT molecular complexity index is 819. The molecule has 1 aliphatic rings. The molecule has 1 atom stereocenters. The summed E-state index contributed by atoms with van der Waals surface area (Å²) < 4.78 is 13.1. The number of nitrogens with zero attached hydrogens (tertiary/aromatic N) is 4. The fourth-order valence-electron chi connectivity index (χ4n) is 3.51. The quantitative estimate of drug-likeness (QED) is 0.237. The molecule has 1 aromatic carbocycles. The molecule has 0 spiro atoms. The Kier molecular flexibility index (Phi) is 9.83. The normalized spacial score (nSPS) is 15.9. The van der Waals surface area contributed by atoms with Crippen LogP contribution in [0.1, 0.15) is 36.1 Å². The zero-order valence-electron chi connectivity index (χ0n) is 18.3. The highest BCUT2D eigenvalue weighted by Gasteiger charge is 2.22. The number of ether oxygens (including phenoxy) is 2. The molecule has 0 aliphatic carbocycles. The summed E-state index contributed by atoms with van der Waals surface area (Å²) >= 11 is 0. The summed E-state index contributed by atoms with van der Waals surface area (Å²) in [7, 11) is 1.66. The second-order valence-corrected chi connectivity index (χ2v) is 7.27. The van der Waals surface area contributed by atoms with Crippen molar-refractivity contribution in [2.75, 3.05) is 26.8 Å². The van der Waals surface area contributed by atoms with E-state index in [1.54, 1.807) is 7.11 Å². The van der Waals surface area contributed by atoms with Crippen LogP contribution in [0.3, 0.4) is 0 Å². The van der Waals surface area contributed by atoms with Crippen LogP contribution in [0.2, 0.25) is 0 Å². The maximum Gasteiger partial charge on any atom is 0.191 e. The fraction of sp³-hybridized carbons (Fsp3) is 0.571. The van der Waals surface area contributed by atoms with Gasteiger partial charge in [0.15, 0.2) is 11.8 Å². The molecule has 0 amide bonds. The van der Waals surface area contributed by atoms with Crippen LogP contribution in [0.4, 0.5) is 0 Å². The SMILES string of the molecule is CCNC(=NCCOc1c(C)cccc1C)NC1CCc2nc(COC)nn2C1.I. The molecule has 30 heavy (non-hydrogen) atoms. The Morgan fingerprint density at radius 3 is 2.77 bits per heavy atom. The van der Waals surface area contributed by atoms with Gasteiger partial charge in [-0.3, -0.25) is 0 Å². The van der Waals surface area contributed by atoms with Crippen LogP contribution in [0.25, 0.3) is 0 Å². The van der Waals surface area contributed by atoms with Gasteiger partial charge >= 0.3 is 0 Å². The molecule has 166 valence electrons. The smallest absolute Gasteiger partial charge is 0.191 e. The van der Waals surface area contributed by atoms with Crippen LogP contribution in [0, 0.1) is 13.8 Å². The molecule has 8 nitrogen and oxygen atoms in total. The number of aryl methyl sites for hydroxylation is 3. The minimum Gasteiger partial charge on any atom is -0.491 e. The van der Waals surface area contributed by atoms with Crippen molar-refractivity contribution < 1.29 is 9.47 Å². The van der Waals surface area contributed by atoms with Crippen LogP contribution in [-0.2, 0) is 24.3 Å². The van der Waals surface area contributed by atoms with Crippen molar-refractivity contribution in [1.29, 1.82) is 0 Å². The highest BCUT2D eigenvalue weighted by atomic mass is 127.